The van der Waals surface area contributed by atoms with Crippen molar-refractivity contribution >= 4 is 27.5 Å². The van der Waals surface area contributed by atoms with Crippen LogP contribution in [0.5, 0.6) is 0 Å². The molecule has 1 amide bonds. The summed E-state index contributed by atoms with van der Waals surface area (Å²) in [5.74, 6) is -0.0246. The quantitative estimate of drug-likeness (QED) is 0.705. The molecule has 0 aromatic heterocycles. The minimum absolute atomic E-state index is 0.0246. The molecule has 30 heavy (non-hydrogen) atoms. The van der Waals surface area contributed by atoms with Gasteiger partial charge in [0.25, 0.3) is 0 Å². The van der Waals surface area contributed by atoms with Crippen molar-refractivity contribution < 1.29 is 13.2 Å². The largest absolute Gasteiger partial charge is 0.340 e. The van der Waals surface area contributed by atoms with Gasteiger partial charge in [0.05, 0.1) is 4.90 Å². The Hall–Kier alpha value is -1.93. The van der Waals surface area contributed by atoms with Crippen LogP contribution in [0.25, 0.3) is 0 Å². The maximum atomic E-state index is 13.5. The SMILES string of the molecule is Cc1ccc(S(=O)(=O)N(CCC(=O)N2CCNCC2)Cc2cccc(Cl)c2)c(C)c1. The Balaban J connectivity index is 1.85. The van der Waals surface area contributed by atoms with Crippen molar-refractivity contribution in [3.8, 4) is 0 Å². The van der Waals surface area contributed by atoms with Crippen molar-refractivity contribution in [1.82, 2.24) is 14.5 Å². The van der Waals surface area contributed by atoms with E-state index in [4.69, 9.17) is 11.6 Å². The zero-order valence-electron chi connectivity index (χ0n) is 17.4. The van der Waals surface area contributed by atoms with Crippen LogP contribution in [0.15, 0.2) is 47.4 Å². The number of sulfonamides is 1. The summed E-state index contributed by atoms with van der Waals surface area (Å²) < 4.78 is 28.4. The van der Waals surface area contributed by atoms with E-state index in [1.165, 1.54) is 4.31 Å². The highest BCUT2D eigenvalue weighted by atomic mass is 35.5. The van der Waals surface area contributed by atoms with Crippen LogP contribution in [0.3, 0.4) is 0 Å². The fourth-order valence-corrected chi connectivity index (χ4v) is 5.49. The average Bonchev–Trinajstić information content (AvgIpc) is 2.71. The molecule has 2 aromatic rings. The summed E-state index contributed by atoms with van der Waals surface area (Å²) in [5.41, 5.74) is 2.48. The molecule has 6 nitrogen and oxygen atoms in total. The van der Waals surface area contributed by atoms with Crippen molar-refractivity contribution in [3.05, 3.63) is 64.2 Å². The molecule has 1 heterocycles. The van der Waals surface area contributed by atoms with Gasteiger partial charge in [-0.05, 0) is 43.2 Å². The lowest BCUT2D eigenvalue weighted by Crippen LogP contribution is -2.47. The highest BCUT2D eigenvalue weighted by Crippen LogP contribution is 2.24. The van der Waals surface area contributed by atoms with Crippen molar-refractivity contribution in [2.24, 2.45) is 0 Å². The molecule has 8 heteroatoms. The summed E-state index contributed by atoms with van der Waals surface area (Å²) in [6.07, 6.45) is 0.144. The smallest absolute Gasteiger partial charge is 0.243 e. The highest BCUT2D eigenvalue weighted by molar-refractivity contribution is 7.89. The predicted molar refractivity (Wildman–Crippen MR) is 119 cm³/mol. The van der Waals surface area contributed by atoms with Crippen molar-refractivity contribution in [2.45, 2.75) is 31.7 Å². The molecule has 0 radical (unpaired) electrons. The van der Waals surface area contributed by atoms with E-state index >= 15 is 0 Å². The third-order valence-electron chi connectivity index (χ3n) is 5.24. The number of nitrogens with zero attached hydrogens (tertiary/aromatic N) is 2. The van der Waals surface area contributed by atoms with Crippen LogP contribution in [0, 0.1) is 13.8 Å². The third kappa shape index (κ3) is 5.60. The molecule has 0 atom stereocenters. The first-order valence-electron chi connectivity index (χ1n) is 10.1. The topological polar surface area (TPSA) is 69.7 Å². The van der Waals surface area contributed by atoms with Crippen molar-refractivity contribution in [2.75, 3.05) is 32.7 Å². The molecule has 0 bridgehead atoms. The number of carbonyl (C=O) groups is 1. The van der Waals surface area contributed by atoms with E-state index in [1.54, 1.807) is 42.2 Å². The number of piperazine rings is 1. The zero-order valence-corrected chi connectivity index (χ0v) is 19.0. The second-order valence-electron chi connectivity index (χ2n) is 7.62. The maximum Gasteiger partial charge on any atom is 0.243 e. The van der Waals surface area contributed by atoms with Crippen LogP contribution >= 0.6 is 11.6 Å². The van der Waals surface area contributed by atoms with Crippen molar-refractivity contribution in [3.63, 3.8) is 0 Å². The number of carbonyl (C=O) groups excluding carboxylic acids is 1. The number of hydrogen-bond acceptors (Lipinski definition) is 4. The number of rotatable bonds is 7. The van der Waals surface area contributed by atoms with E-state index < -0.39 is 10.0 Å². The monoisotopic (exact) mass is 449 g/mol. The second kappa shape index (κ2) is 9.92. The van der Waals surface area contributed by atoms with Gasteiger partial charge in [-0.2, -0.15) is 4.31 Å². The Morgan fingerprint density at radius 2 is 1.87 bits per heavy atom. The van der Waals surface area contributed by atoms with E-state index in [1.807, 2.05) is 19.1 Å². The first-order chi connectivity index (χ1) is 14.3. The first-order valence-corrected chi connectivity index (χ1v) is 11.9. The lowest BCUT2D eigenvalue weighted by atomic mass is 10.2. The van der Waals surface area contributed by atoms with Gasteiger partial charge in [0.2, 0.25) is 15.9 Å². The van der Waals surface area contributed by atoms with Crippen LogP contribution in [0.2, 0.25) is 5.02 Å². The van der Waals surface area contributed by atoms with Gasteiger partial charge in [-0.1, -0.05) is 41.4 Å². The minimum atomic E-state index is -3.78. The Morgan fingerprint density at radius 1 is 1.13 bits per heavy atom. The zero-order chi connectivity index (χ0) is 21.7. The molecule has 1 saturated heterocycles. The summed E-state index contributed by atoms with van der Waals surface area (Å²) in [5, 5.41) is 3.77. The van der Waals surface area contributed by atoms with Gasteiger partial charge in [-0.3, -0.25) is 4.79 Å². The average molecular weight is 450 g/mol. The fourth-order valence-electron chi connectivity index (χ4n) is 3.64. The van der Waals surface area contributed by atoms with Crippen LogP contribution in [-0.4, -0.2) is 56.3 Å². The molecule has 0 spiro atoms. The molecule has 1 aliphatic rings. The number of halogens is 1. The Labute approximate surface area is 183 Å². The summed E-state index contributed by atoms with van der Waals surface area (Å²) in [4.78, 5) is 14.7. The van der Waals surface area contributed by atoms with Crippen LogP contribution in [0.4, 0.5) is 0 Å². The molecule has 1 aliphatic heterocycles. The lowest BCUT2D eigenvalue weighted by Gasteiger charge is -2.29. The summed E-state index contributed by atoms with van der Waals surface area (Å²) in [6, 6.07) is 12.4. The molecule has 0 aliphatic carbocycles. The molecule has 1 N–H and O–H groups in total. The van der Waals surface area contributed by atoms with Gasteiger partial charge in [0, 0.05) is 50.7 Å². The Bertz CT molecular complexity index is 1000. The van der Waals surface area contributed by atoms with Gasteiger partial charge in [0.15, 0.2) is 0 Å². The summed E-state index contributed by atoms with van der Waals surface area (Å²) in [6.45, 7) is 6.82. The van der Waals surface area contributed by atoms with Gasteiger partial charge < -0.3 is 10.2 Å². The maximum absolute atomic E-state index is 13.5. The normalized spacial score (nSPS) is 14.9. The first kappa shape index (κ1) is 22.7. The molecule has 2 aromatic carbocycles. The number of benzene rings is 2. The van der Waals surface area contributed by atoms with E-state index in [-0.39, 0.29) is 30.3 Å². The highest BCUT2D eigenvalue weighted by Gasteiger charge is 2.28. The number of amides is 1. The van der Waals surface area contributed by atoms with E-state index in [2.05, 4.69) is 5.32 Å². The molecule has 3 rings (SSSR count). The molecule has 1 fully saturated rings. The minimum Gasteiger partial charge on any atom is -0.340 e. The fraction of sp³-hybridized carbons (Fsp3) is 0.409. The molecule has 0 unspecified atom stereocenters. The van der Waals surface area contributed by atoms with Gasteiger partial charge in [-0.15, -0.1) is 0 Å². The number of aryl methyl sites for hydroxylation is 2. The number of hydrogen-bond donors (Lipinski definition) is 1. The van der Waals surface area contributed by atoms with E-state index in [9.17, 15) is 13.2 Å². The summed E-state index contributed by atoms with van der Waals surface area (Å²) >= 11 is 6.10. The van der Waals surface area contributed by atoms with E-state index in [0.29, 0.717) is 23.7 Å². The molecule has 0 saturated carbocycles. The summed E-state index contributed by atoms with van der Waals surface area (Å²) in [7, 11) is -3.78. The van der Waals surface area contributed by atoms with Crippen molar-refractivity contribution in [1.29, 1.82) is 0 Å². The van der Waals surface area contributed by atoms with Gasteiger partial charge in [0.1, 0.15) is 0 Å². The Morgan fingerprint density at radius 3 is 2.53 bits per heavy atom. The van der Waals surface area contributed by atoms with Gasteiger partial charge in [-0.25, -0.2) is 8.42 Å². The Kier molecular flexibility index (Phi) is 7.52. The molecule has 162 valence electrons. The van der Waals surface area contributed by atoms with Crippen LogP contribution in [-0.2, 0) is 21.4 Å². The molecular formula is C22H28ClN3O3S. The van der Waals surface area contributed by atoms with E-state index in [0.717, 1.165) is 24.2 Å². The van der Waals surface area contributed by atoms with Gasteiger partial charge >= 0.3 is 0 Å². The van der Waals surface area contributed by atoms with Crippen LogP contribution in [0.1, 0.15) is 23.1 Å². The number of nitrogens with one attached hydrogen (secondary N) is 1. The molecular weight excluding hydrogens is 422 g/mol. The standard InChI is InChI=1S/C22H28ClN3O3S/c1-17-6-7-21(18(2)14-17)30(28,29)26(16-19-4-3-5-20(23)15-19)11-8-22(27)25-12-9-24-10-13-25/h3-7,14-15,24H,8-13,16H2,1-2H3. The second-order valence-corrected chi connectivity index (χ2v) is 9.96. The lowest BCUT2D eigenvalue weighted by molar-refractivity contribution is -0.131. The third-order valence-corrected chi connectivity index (χ3v) is 7.48. The van der Waals surface area contributed by atoms with Crippen LogP contribution < -0.4 is 5.32 Å². The predicted octanol–water partition coefficient (Wildman–Crippen LogP) is 2.97.